The fourth-order valence-electron chi connectivity index (χ4n) is 0.905. The number of hydrogen-bond donors (Lipinski definition) is 1. The summed E-state index contributed by atoms with van der Waals surface area (Å²) < 4.78 is 9.28. The van der Waals surface area contributed by atoms with Crippen molar-refractivity contribution < 1.29 is 19.4 Å². The van der Waals surface area contributed by atoms with Gasteiger partial charge >= 0.3 is 5.97 Å². The molecule has 1 aliphatic heterocycles. The van der Waals surface area contributed by atoms with E-state index in [0.717, 1.165) is 0 Å². The number of cyclic esters (lactones) is 1. The lowest BCUT2D eigenvalue weighted by atomic mass is 10.1. The Morgan fingerprint density at radius 1 is 1.82 bits per heavy atom. The van der Waals surface area contributed by atoms with Crippen molar-refractivity contribution in [1.29, 1.82) is 0 Å². The van der Waals surface area contributed by atoms with Crippen LogP contribution in [0.3, 0.4) is 0 Å². The Balaban J connectivity index is 2.74. The average molecular weight is 158 g/mol. The fraction of sp³-hybridized carbons (Fsp3) is 0.571. The molecule has 0 saturated carbocycles. The van der Waals surface area contributed by atoms with Gasteiger partial charge in [0.2, 0.25) is 0 Å². The zero-order valence-corrected chi connectivity index (χ0v) is 6.46. The van der Waals surface area contributed by atoms with Gasteiger partial charge < -0.3 is 14.6 Å². The SMILES string of the molecule is COC[C@]1(O)OC(=O)C=C1C. The third kappa shape index (κ3) is 1.41. The summed E-state index contributed by atoms with van der Waals surface area (Å²) in [6, 6.07) is 0. The van der Waals surface area contributed by atoms with Crippen LogP contribution in [0.2, 0.25) is 0 Å². The maximum absolute atomic E-state index is 10.6. The minimum absolute atomic E-state index is 0.0267. The summed E-state index contributed by atoms with van der Waals surface area (Å²) in [5, 5.41) is 9.49. The summed E-state index contributed by atoms with van der Waals surface area (Å²) in [7, 11) is 1.43. The molecule has 11 heavy (non-hydrogen) atoms. The first-order valence-corrected chi connectivity index (χ1v) is 3.21. The molecule has 4 heteroatoms. The van der Waals surface area contributed by atoms with Crippen LogP contribution in [-0.4, -0.2) is 30.6 Å². The molecule has 0 unspecified atom stereocenters. The van der Waals surface area contributed by atoms with Crippen molar-refractivity contribution in [3.05, 3.63) is 11.6 Å². The van der Waals surface area contributed by atoms with Gasteiger partial charge in [0.1, 0.15) is 6.61 Å². The highest BCUT2D eigenvalue weighted by molar-refractivity contribution is 5.86. The van der Waals surface area contributed by atoms with Gasteiger partial charge in [-0.05, 0) is 6.92 Å². The topological polar surface area (TPSA) is 55.8 Å². The van der Waals surface area contributed by atoms with E-state index < -0.39 is 11.8 Å². The number of ether oxygens (including phenoxy) is 2. The summed E-state index contributed by atoms with van der Waals surface area (Å²) in [6.07, 6.45) is 1.25. The Kier molecular flexibility index (Phi) is 1.97. The first kappa shape index (κ1) is 8.23. The number of carbonyl (C=O) groups is 1. The minimum atomic E-state index is -1.54. The normalized spacial score (nSPS) is 30.1. The number of rotatable bonds is 2. The molecule has 0 aromatic rings. The van der Waals surface area contributed by atoms with Crippen molar-refractivity contribution in [2.75, 3.05) is 13.7 Å². The van der Waals surface area contributed by atoms with Crippen LogP contribution in [0, 0.1) is 0 Å². The van der Waals surface area contributed by atoms with Crippen molar-refractivity contribution in [1.82, 2.24) is 0 Å². The number of methoxy groups -OCH3 is 1. The smallest absolute Gasteiger partial charge is 0.333 e. The Hall–Kier alpha value is -0.870. The van der Waals surface area contributed by atoms with E-state index in [1.807, 2.05) is 0 Å². The summed E-state index contributed by atoms with van der Waals surface area (Å²) in [4.78, 5) is 10.6. The number of hydrogen-bond acceptors (Lipinski definition) is 4. The van der Waals surface area contributed by atoms with Gasteiger partial charge in [0.25, 0.3) is 5.79 Å². The first-order valence-electron chi connectivity index (χ1n) is 3.21. The molecule has 0 saturated heterocycles. The fourth-order valence-corrected chi connectivity index (χ4v) is 0.905. The molecular formula is C7H10O4. The summed E-state index contributed by atoms with van der Waals surface area (Å²) in [6.45, 7) is 1.59. The van der Waals surface area contributed by atoms with E-state index in [1.54, 1.807) is 6.92 Å². The van der Waals surface area contributed by atoms with Crippen molar-refractivity contribution in [2.24, 2.45) is 0 Å². The standard InChI is InChI=1S/C7H10O4/c1-5-3-6(8)11-7(5,9)4-10-2/h3,9H,4H2,1-2H3/t7-/m0/s1. The van der Waals surface area contributed by atoms with Crippen molar-refractivity contribution in [3.8, 4) is 0 Å². The van der Waals surface area contributed by atoms with Gasteiger partial charge in [-0.1, -0.05) is 0 Å². The van der Waals surface area contributed by atoms with Crippen molar-refractivity contribution in [2.45, 2.75) is 12.7 Å². The van der Waals surface area contributed by atoms with Gasteiger partial charge in [-0.25, -0.2) is 4.79 Å². The molecule has 0 aromatic heterocycles. The maximum Gasteiger partial charge on any atom is 0.333 e. The lowest BCUT2D eigenvalue weighted by Gasteiger charge is -2.21. The van der Waals surface area contributed by atoms with Crippen LogP contribution >= 0.6 is 0 Å². The second kappa shape index (κ2) is 2.64. The lowest BCUT2D eigenvalue weighted by molar-refractivity contribution is -0.195. The van der Waals surface area contributed by atoms with Crippen LogP contribution in [0.4, 0.5) is 0 Å². The van der Waals surface area contributed by atoms with E-state index in [1.165, 1.54) is 13.2 Å². The first-order chi connectivity index (χ1) is 5.08. The molecule has 1 atom stereocenters. The number of aliphatic hydroxyl groups is 1. The molecule has 0 amide bonds. The number of esters is 1. The van der Waals surface area contributed by atoms with Crippen LogP contribution in [0.1, 0.15) is 6.92 Å². The lowest BCUT2D eigenvalue weighted by Crippen LogP contribution is -2.36. The molecule has 0 fully saturated rings. The predicted molar refractivity (Wildman–Crippen MR) is 36.7 cm³/mol. The van der Waals surface area contributed by atoms with Crippen molar-refractivity contribution >= 4 is 5.97 Å². The van der Waals surface area contributed by atoms with Crippen molar-refractivity contribution in [3.63, 3.8) is 0 Å². The largest absolute Gasteiger partial charge is 0.423 e. The number of carbonyl (C=O) groups excluding carboxylic acids is 1. The van der Waals surface area contributed by atoms with Crippen LogP contribution in [0.15, 0.2) is 11.6 Å². The zero-order chi connectivity index (χ0) is 8.48. The highest BCUT2D eigenvalue weighted by Gasteiger charge is 2.38. The molecule has 62 valence electrons. The minimum Gasteiger partial charge on any atom is -0.423 e. The van der Waals surface area contributed by atoms with E-state index in [9.17, 15) is 9.90 Å². The van der Waals surface area contributed by atoms with Gasteiger partial charge in [0, 0.05) is 18.8 Å². The third-order valence-electron chi connectivity index (χ3n) is 1.56. The van der Waals surface area contributed by atoms with Crippen LogP contribution in [-0.2, 0) is 14.3 Å². The second-order valence-electron chi connectivity index (χ2n) is 2.47. The highest BCUT2D eigenvalue weighted by Crippen LogP contribution is 2.24. The Labute approximate surface area is 64.4 Å². The van der Waals surface area contributed by atoms with E-state index in [0.29, 0.717) is 5.57 Å². The quantitative estimate of drug-likeness (QED) is 0.566. The molecule has 1 N–H and O–H groups in total. The third-order valence-corrected chi connectivity index (χ3v) is 1.56. The molecular weight excluding hydrogens is 148 g/mol. The van der Waals surface area contributed by atoms with Gasteiger partial charge in [-0.2, -0.15) is 0 Å². The maximum atomic E-state index is 10.6. The second-order valence-corrected chi connectivity index (χ2v) is 2.47. The molecule has 4 nitrogen and oxygen atoms in total. The molecule has 0 radical (unpaired) electrons. The molecule has 0 aromatic carbocycles. The Bertz CT molecular complexity index is 208. The molecule has 1 rings (SSSR count). The monoisotopic (exact) mass is 158 g/mol. The van der Waals surface area contributed by atoms with Crippen LogP contribution in [0.5, 0.6) is 0 Å². The van der Waals surface area contributed by atoms with Gasteiger partial charge in [-0.15, -0.1) is 0 Å². The van der Waals surface area contributed by atoms with Crippen LogP contribution < -0.4 is 0 Å². The summed E-state index contributed by atoms with van der Waals surface area (Å²) in [5.74, 6) is -2.06. The molecule has 0 spiro atoms. The van der Waals surface area contributed by atoms with Gasteiger partial charge in [0.05, 0.1) is 0 Å². The van der Waals surface area contributed by atoms with E-state index >= 15 is 0 Å². The Morgan fingerprint density at radius 3 is 2.82 bits per heavy atom. The van der Waals surface area contributed by atoms with Gasteiger partial charge in [0.15, 0.2) is 0 Å². The Morgan fingerprint density at radius 2 is 2.45 bits per heavy atom. The summed E-state index contributed by atoms with van der Waals surface area (Å²) >= 11 is 0. The van der Waals surface area contributed by atoms with E-state index in [-0.39, 0.29) is 6.61 Å². The molecule has 1 aliphatic rings. The zero-order valence-electron chi connectivity index (χ0n) is 6.46. The predicted octanol–water partition coefficient (Wildman–Crippen LogP) is -0.175. The van der Waals surface area contributed by atoms with E-state index in [4.69, 9.17) is 0 Å². The average Bonchev–Trinajstić information content (AvgIpc) is 2.08. The van der Waals surface area contributed by atoms with E-state index in [2.05, 4.69) is 9.47 Å². The molecule has 0 bridgehead atoms. The molecule has 0 aliphatic carbocycles. The van der Waals surface area contributed by atoms with Crippen LogP contribution in [0.25, 0.3) is 0 Å². The summed E-state index contributed by atoms with van der Waals surface area (Å²) in [5.41, 5.74) is 0.476. The van der Waals surface area contributed by atoms with Gasteiger partial charge in [-0.3, -0.25) is 0 Å². The highest BCUT2D eigenvalue weighted by atomic mass is 16.7. The molecule has 1 heterocycles.